The van der Waals surface area contributed by atoms with Gasteiger partial charge in [-0.05, 0) is 6.07 Å². The molecule has 1 amide bonds. The van der Waals surface area contributed by atoms with Gasteiger partial charge in [0.15, 0.2) is 11.6 Å². The molecule has 0 atom stereocenters. The summed E-state index contributed by atoms with van der Waals surface area (Å²) in [7, 11) is 0. The summed E-state index contributed by atoms with van der Waals surface area (Å²) in [6.07, 6.45) is 0. The quantitative estimate of drug-likeness (QED) is 0.658. The molecule has 0 saturated heterocycles. The summed E-state index contributed by atoms with van der Waals surface area (Å²) in [6, 6.07) is 1.18. The van der Waals surface area contributed by atoms with Gasteiger partial charge in [-0.1, -0.05) is 0 Å². The number of amides is 1. The van der Waals surface area contributed by atoms with E-state index < -0.39 is 28.9 Å². The van der Waals surface area contributed by atoms with Gasteiger partial charge in [-0.3, -0.25) is 4.79 Å². The zero-order chi connectivity index (χ0) is 9.30. The zero-order valence-electron chi connectivity index (χ0n) is 5.84. The number of rotatable bonds is 1. The van der Waals surface area contributed by atoms with Crippen LogP contribution in [-0.2, 0) is 0 Å². The minimum atomic E-state index is -1.20. The van der Waals surface area contributed by atoms with Crippen LogP contribution in [0.4, 0.5) is 8.78 Å². The third-order valence-corrected chi connectivity index (χ3v) is 1.28. The van der Waals surface area contributed by atoms with Crippen molar-refractivity contribution in [3.63, 3.8) is 0 Å². The van der Waals surface area contributed by atoms with E-state index in [1.54, 1.807) is 0 Å². The Bertz CT molecular complexity index is 338. The average Bonchev–Trinajstić information content (AvgIpc) is 1.96. The van der Waals surface area contributed by atoms with Crippen LogP contribution >= 0.6 is 0 Å². The summed E-state index contributed by atoms with van der Waals surface area (Å²) in [5.41, 5.74) is 4.04. The summed E-state index contributed by atoms with van der Waals surface area (Å²) in [5.74, 6) is -4.17. The molecule has 0 unspecified atom stereocenters. The summed E-state index contributed by atoms with van der Waals surface area (Å²) in [6.45, 7) is 0. The van der Waals surface area contributed by atoms with Gasteiger partial charge in [-0.25, -0.2) is 8.78 Å². The van der Waals surface area contributed by atoms with Gasteiger partial charge < -0.3 is 10.8 Å². The predicted molar refractivity (Wildman–Crippen MR) is 36.5 cm³/mol. The molecule has 0 aliphatic heterocycles. The SMILES string of the molecule is NC(=O)c1cc(F)cc(O)c1F. The number of phenols is 1. The van der Waals surface area contributed by atoms with Crippen molar-refractivity contribution >= 4 is 5.91 Å². The molecule has 1 aromatic carbocycles. The normalized spacial score (nSPS) is 9.83. The molecule has 5 heteroatoms. The topological polar surface area (TPSA) is 63.3 Å². The summed E-state index contributed by atoms with van der Waals surface area (Å²) in [5, 5.41) is 8.71. The maximum absolute atomic E-state index is 12.7. The second-order valence-corrected chi connectivity index (χ2v) is 2.15. The van der Waals surface area contributed by atoms with E-state index in [0.717, 1.165) is 0 Å². The number of carbonyl (C=O) groups is 1. The summed E-state index contributed by atoms with van der Waals surface area (Å²) >= 11 is 0. The lowest BCUT2D eigenvalue weighted by Gasteiger charge is -2.00. The fourth-order valence-electron chi connectivity index (χ4n) is 0.754. The van der Waals surface area contributed by atoms with E-state index in [1.165, 1.54) is 0 Å². The Kier molecular flexibility index (Phi) is 1.95. The van der Waals surface area contributed by atoms with E-state index in [-0.39, 0.29) is 0 Å². The molecule has 0 bridgehead atoms. The van der Waals surface area contributed by atoms with Crippen LogP contribution in [0.3, 0.4) is 0 Å². The van der Waals surface area contributed by atoms with Crippen LogP contribution in [-0.4, -0.2) is 11.0 Å². The van der Waals surface area contributed by atoms with Crippen molar-refractivity contribution < 1.29 is 18.7 Å². The Labute approximate surface area is 66.4 Å². The number of primary amides is 1. The number of halogens is 2. The highest BCUT2D eigenvalue weighted by molar-refractivity contribution is 5.93. The van der Waals surface area contributed by atoms with Gasteiger partial charge in [0, 0.05) is 6.07 Å². The van der Waals surface area contributed by atoms with Crippen LogP contribution in [0.15, 0.2) is 12.1 Å². The van der Waals surface area contributed by atoms with Crippen molar-refractivity contribution in [2.75, 3.05) is 0 Å². The molecule has 0 heterocycles. The molecule has 0 fully saturated rings. The third kappa shape index (κ3) is 1.34. The number of hydrogen-bond acceptors (Lipinski definition) is 2. The van der Waals surface area contributed by atoms with Gasteiger partial charge in [0.05, 0.1) is 5.56 Å². The van der Waals surface area contributed by atoms with Gasteiger partial charge in [0.25, 0.3) is 5.91 Å². The molecule has 0 aromatic heterocycles. The monoisotopic (exact) mass is 173 g/mol. The van der Waals surface area contributed by atoms with E-state index in [9.17, 15) is 13.6 Å². The molecule has 3 N–H and O–H groups in total. The standard InChI is InChI=1S/C7H5F2NO2/c8-3-1-4(7(10)12)6(9)5(11)2-3/h1-2,11H,(H2,10,12). The van der Waals surface area contributed by atoms with Crippen molar-refractivity contribution in [2.24, 2.45) is 5.73 Å². The molecule has 0 spiro atoms. The van der Waals surface area contributed by atoms with E-state index >= 15 is 0 Å². The van der Waals surface area contributed by atoms with Gasteiger partial charge in [-0.2, -0.15) is 0 Å². The zero-order valence-corrected chi connectivity index (χ0v) is 5.84. The maximum atomic E-state index is 12.7. The predicted octanol–water partition coefficient (Wildman–Crippen LogP) is 0.769. The van der Waals surface area contributed by atoms with E-state index in [2.05, 4.69) is 0 Å². The maximum Gasteiger partial charge on any atom is 0.251 e. The van der Waals surface area contributed by atoms with E-state index in [0.29, 0.717) is 12.1 Å². The van der Waals surface area contributed by atoms with Crippen LogP contribution in [0.5, 0.6) is 5.75 Å². The van der Waals surface area contributed by atoms with Crippen LogP contribution in [0, 0.1) is 11.6 Å². The molecule has 1 rings (SSSR count). The van der Waals surface area contributed by atoms with E-state index in [1.807, 2.05) is 0 Å². The van der Waals surface area contributed by atoms with Crippen molar-refractivity contribution in [2.45, 2.75) is 0 Å². The molecule has 3 nitrogen and oxygen atoms in total. The largest absolute Gasteiger partial charge is 0.505 e. The highest BCUT2D eigenvalue weighted by Crippen LogP contribution is 2.20. The van der Waals surface area contributed by atoms with Gasteiger partial charge >= 0.3 is 0 Å². The molecule has 0 saturated carbocycles. The highest BCUT2D eigenvalue weighted by atomic mass is 19.1. The number of carbonyl (C=O) groups excluding carboxylic acids is 1. The van der Waals surface area contributed by atoms with Crippen molar-refractivity contribution in [1.82, 2.24) is 0 Å². The van der Waals surface area contributed by atoms with Crippen LogP contribution in [0.25, 0.3) is 0 Å². The van der Waals surface area contributed by atoms with Crippen LogP contribution in [0.2, 0.25) is 0 Å². The molecule has 1 aromatic rings. The fourth-order valence-corrected chi connectivity index (χ4v) is 0.754. The molecular formula is C7H5F2NO2. The smallest absolute Gasteiger partial charge is 0.251 e. The lowest BCUT2D eigenvalue weighted by molar-refractivity contribution is 0.0995. The second kappa shape index (κ2) is 2.77. The third-order valence-electron chi connectivity index (χ3n) is 1.28. The van der Waals surface area contributed by atoms with Gasteiger partial charge in [0.1, 0.15) is 5.82 Å². The fraction of sp³-hybridized carbons (Fsp3) is 0. The Morgan fingerprint density at radius 3 is 2.50 bits per heavy atom. The first-order valence-corrected chi connectivity index (χ1v) is 3.00. The molecular weight excluding hydrogens is 168 g/mol. The Hall–Kier alpha value is -1.65. The second-order valence-electron chi connectivity index (χ2n) is 2.15. The number of phenolic OH excluding ortho intramolecular Hbond substituents is 1. The van der Waals surface area contributed by atoms with Crippen molar-refractivity contribution in [1.29, 1.82) is 0 Å². The van der Waals surface area contributed by atoms with E-state index in [4.69, 9.17) is 10.8 Å². The molecule has 64 valence electrons. The molecule has 0 radical (unpaired) electrons. The number of benzene rings is 1. The van der Waals surface area contributed by atoms with Crippen LogP contribution < -0.4 is 5.73 Å². The van der Waals surface area contributed by atoms with Crippen LogP contribution in [0.1, 0.15) is 10.4 Å². The van der Waals surface area contributed by atoms with Gasteiger partial charge in [-0.15, -0.1) is 0 Å². The van der Waals surface area contributed by atoms with Crippen molar-refractivity contribution in [3.05, 3.63) is 29.3 Å². The minimum Gasteiger partial charge on any atom is -0.505 e. The first-order chi connectivity index (χ1) is 5.52. The first kappa shape index (κ1) is 8.45. The lowest BCUT2D eigenvalue weighted by atomic mass is 10.2. The Balaban J connectivity index is 3.37. The molecule has 12 heavy (non-hydrogen) atoms. The molecule has 0 aliphatic rings. The van der Waals surface area contributed by atoms with Crippen molar-refractivity contribution in [3.8, 4) is 5.75 Å². The highest BCUT2D eigenvalue weighted by Gasteiger charge is 2.13. The summed E-state index contributed by atoms with van der Waals surface area (Å²) < 4.78 is 25.1. The lowest BCUT2D eigenvalue weighted by Crippen LogP contribution is -2.13. The average molecular weight is 173 g/mol. The summed E-state index contributed by atoms with van der Waals surface area (Å²) in [4.78, 5) is 10.4. The Morgan fingerprint density at radius 1 is 1.42 bits per heavy atom. The molecule has 0 aliphatic carbocycles. The van der Waals surface area contributed by atoms with Gasteiger partial charge in [0.2, 0.25) is 0 Å². The minimum absolute atomic E-state index is 0.557. The number of hydrogen-bond donors (Lipinski definition) is 2. The Morgan fingerprint density at radius 2 is 2.00 bits per heavy atom. The number of aromatic hydroxyl groups is 1. The number of nitrogens with two attached hydrogens (primary N) is 1. The first-order valence-electron chi connectivity index (χ1n) is 3.00.